The van der Waals surface area contributed by atoms with E-state index in [2.05, 4.69) is 27.2 Å². The number of rotatable bonds is 7. The number of aryl methyl sites for hydroxylation is 1. The fourth-order valence-corrected chi connectivity index (χ4v) is 3.58. The molecule has 3 heterocycles. The highest BCUT2D eigenvalue weighted by molar-refractivity contribution is 5.85. The van der Waals surface area contributed by atoms with Crippen LogP contribution in [0.2, 0.25) is 0 Å². The second kappa shape index (κ2) is 11.9. The van der Waals surface area contributed by atoms with Crippen LogP contribution < -0.4 is 10.9 Å². The Morgan fingerprint density at radius 1 is 1.34 bits per heavy atom. The zero-order valence-corrected chi connectivity index (χ0v) is 18.4. The zero-order chi connectivity index (χ0) is 19.2. The molecule has 29 heavy (non-hydrogen) atoms. The van der Waals surface area contributed by atoms with E-state index in [9.17, 15) is 9.59 Å². The van der Waals surface area contributed by atoms with Crippen molar-refractivity contribution in [2.45, 2.75) is 45.6 Å². The van der Waals surface area contributed by atoms with Crippen molar-refractivity contribution in [1.82, 2.24) is 25.2 Å². The number of hydrogen-bond acceptors (Lipinski definition) is 5. The number of H-pyrrole nitrogens is 1. The van der Waals surface area contributed by atoms with Crippen LogP contribution >= 0.6 is 24.8 Å². The van der Waals surface area contributed by atoms with Crippen molar-refractivity contribution >= 4 is 30.7 Å². The molecule has 2 aromatic heterocycles. The van der Waals surface area contributed by atoms with Gasteiger partial charge in [-0.15, -0.1) is 24.8 Å². The Balaban J connectivity index is 0.00000210. The molecule has 0 aromatic carbocycles. The summed E-state index contributed by atoms with van der Waals surface area (Å²) < 4.78 is 0. The minimum Gasteiger partial charge on any atom is -0.338 e. The Labute approximate surface area is 183 Å². The van der Waals surface area contributed by atoms with Gasteiger partial charge in [-0.25, -0.2) is 4.98 Å². The number of aromatic nitrogens is 3. The first kappa shape index (κ1) is 25.1. The number of carbonyl (C=O) groups is 1. The molecule has 1 aliphatic rings. The molecule has 0 radical (unpaired) electrons. The SMILES string of the molecule is CCCN(C(=O)CCc1c(C)nc(-c2cccnc2)[nH]c1=O)C1CCNC1.Cl.Cl. The number of amides is 1. The lowest BCUT2D eigenvalue weighted by atomic mass is 10.1. The van der Waals surface area contributed by atoms with Gasteiger partial charge >= 0.3 is 0 Å². The minimum atomic E-state index is -0.182. The Kier molecular flexibility index (Phi) is 10.3. The fourth-order valence-electron chi connectivity index (χ4n) is 3.58. The summed E-state index contributed by atoms with van der Waals surface area (Å²) in [6.45, 7) is 6.47. The Morgan fingerprint density at radius 2 is 2.14 bits per heavy atom. The summed E-state index contributed by atoms with van der Waals surface area (Å²) in [6.07, 6.45) is 6.00. The number of pyridine rings is 1. The molecule has 7 nitrogen and oxygen atoms in total. The highest BCUT2D eigenvalue weighted by Crippen LogP contribution is 2.15. The molecule has 0 saturated carbocycles. The molecule has 160 valence electrons. The third kappa shape index (κ3) is 6.26. The van der Waals surface area contributed by atoms with Gasteiger partial charge in [-0.2, -0.15) is 0 Å². The zero-order valence-electron chi connectivity index (χ0n) is 16.8. The van der Waals surface area contributed by atoms with E-state index >= 15 is 0 Å². The van der Waals surface area contributed by atoms with Crippen molar-refractivity contribution in [1.29, 1.82) is 0 Å². The van der Waals surface area contributed by atoms with Gasteiger partial charge in [0.25, 0.3) is 5.56 Å². The van der Waals surface area contributed by atoms with E-state index in [0.717, 1.165) is 38.0 Å². The maximum absolute atomic E-state index is 12.8. The van der Waals surface area contributed by atoms with E-state index in [4.69, 9.17) is 0 Å². The lowest BCUT2D eigenvalue weighted by Gasteiger charge is -2.28. The van der Waals surface area contributed by atoms with E-state index in [1.54, 1.807) is 18.5 Å². The van der Waals surface area contributed by atoms with Crippen LogP contribution in [-0.2, 0) is 11.2 Å². The van der Waals surface area contributed by atoms with Gasteiger partial charge in [0.1, 0.15) is 5.82 Å². The van der Waals surface area contributed by atoms with Crippen molar-refractivity contribution < 1.29 is 4.79 Å². The van der Waals surface area contributed by atoms with Gasteiger partial charge in [0.15, 0.2) is 0 Å². The van der Waals surface area contributed by atoms with Gasteiger partial charge in [-0.05, 0) is 44.9 Å². The molecule has 1 amide bonds. The maximum atomic E-state index is 12.8. The highest BCUT2D eigenvalue weighted by Gasteiger charge is 2.25. The van der Waals surface area contributed by atoms with Crippen LogP contribution in [0.4, 0.5) is 0 Å². The van der Waals surface area contributed by atoms with Crippen molar-refractivity contribution in [3.63, 3.8) is 0 Å². The van der Waals surface area contributed by atoms with Crippen molar-refractivity contribution in [2.24, 2.45) is 0 Å². The number of hydrogen-bond donors (Lipinski definition) is 2. The number of halogens is 2. The molecule has 0 aliphatic carbocycles. The fraction of sp³-hybridized carbons (Fsp3) is 0.500. The molecule has 0 spiro atoms. The van der Waals surface area contributed by atoms with Crippen LogP contribution in [0.3, 0.4) is 0 Å². The molecule has 1 aliphatic heterocycles. The molecule has 2 N–H and O–H groups in total. The second-order valence-electron chi connectivity index (χ2n) is 6.95. The van der Waals surface area contributed by atoms with Gasteiger partial charge in [-0.3, -0.25) is 14.6 Å². The molecule has 1 unspecified atom stereocenters. The van der Waals surface area contributed by atoms with Gasteiger partial charge in [0.05, 0.1) is 0 Å². The molecule has 2 aromatic rings. The van der Waals surface area contributed by atoms with Crippen LogP contribution in [-0.4, -0.2) is 51.4 Å². The van der Waals surface area contributed by atoms with Crippen molar-refractivity contribution in [3.05, 3.63) is 46.1 Å². The average molecular weight is 442 g/mol. The first-order chi connectivity index (χ1) is 13.1. The first-order valence-electron chi connectivity index (χ1n) is 9.60. The highest BCUT2D eigenvalue weighted by atomic mass is 35.5. The molecular weight excluding hydrogens is 413 g/mol. The summed E-state index contributed by atoms with van der Waals surface area (Å²) >= 11 is 0. The minimum absolute atomic E-state index is 0. The number of nitrogens with one attached hydrogen (secondary N) is 2. The summed E-state index contributed by atoms with van der Waals surface area (Å²) in [7, 11) is 0. The molecule has 0 bridgehead atoms. The number of aromatic amines is 1. The molecule has 1 saturated heterocycles. The summed E-state index contributed by atoms with van der Waals surface area (Å²) in [6, 6.07) is 3.92. The summed E-state index contributed by atoms with van der Waals surface area (Å²) in [5.41, 5.74) is 1.83. The van der Waals surface area contributed by atoms with Gasteiger partial charge in [0.2, 0.25) is 5.91 Å². The Morgan fingerprint density at radius 3 is 2.72 bits per heavy atom. The predicted molar refractivity (Wildman–Crippen MR) is 119 cm³/mol. The van der Waals surface area contributed by atoms with E-state index in [-0.39, 0.29) is 42.3 Å². The third-order valence-electron chi connectivity index (χ3n) is 5.01. The summed E-state index contributed by atoms with van der Waals surface area (Å²) in [5.74, 6) is 0.617. The Bertz CT molecular complexity index is 839. The third-order valence-corrected chi connectivity index (χ3v) is 5.01. The molecule has 1 fully saturated rings. The quantitative estimate of drug-likeness (QED) is 0.688. The normalized spacial score (nSPS) is 15.3. The van der Waals surface area contributed by atoms with Crippen molar-refractivity contribution in [2.75, 3.05) is 19.6 Å². The molecule has 3 rings (SSSR count). The van der Waals surface area contributed by atoms with Crippen LogP contribution in [0.25, 0.3) is 11.4 Å². The monoisotopic (exact) mass is 441 g/mol. The van der Waals surface area contributed by atoms with Gasteiger partial charge in [-0.1, -0.05) is 6.92 Å². The second-order valence-corrected chi connectivity index (χ2v) is 6.95. The Hall–Kier alpha value is -1.96. The lowest BCUT2D eigenvalue weighted by molar-refractivity contribution is -0.133. The first-order valence-corrected chi connectivity index (χ1v) is 9.60. The molecule has 1 atom stereocenters. The van der Waals surface area contributed by atoms with Crippen LogP contribution in [0.15, 0.2) is 29.3 Å². The lowest BCUT2D eigenvalue weighted by Crippen LogP contribution is -2.42. The molecule has 9 heteroatoms. The van der Waals surface area contributed by atoms with Gasteiger partial charge in [0, 0.05) is 54.8 Å². The van der Waals surface area contributed by atoms with Gasteiger partial charge < -0.3 is 15.2 Å². The smallest absolute Gasteiger partial charge is 0.254 e. The summed E-state index contributed by atoms with van der Waals surface area (Å²) in [5, 5.41) is 3.32. The maximum Gasteiger partial charge on any atom is 0.254 e. The van der Waals surface area contributed by atoms with Crippen LogP contribution in [0, 0.1) is 6.92 Å². The standard InChI is InChI=1S/C20H27N5O2.2ClH/c1-3-11-25(16-8-10-22-13-16)18(26)7-6-17-14(2)23-19(24-20(17)27)15-5-4-9-21-12-15;;/h4-5,9,12,16,22H,3,6-8,10-11,13H2,1-2H3,(H,23,24,27);2*1H. The topological polar surface area (TPSA) is 91.0 Å². The molecular formula is C20H29Cl2N5O2. The van der Waals surface area contributed by atoms with E-state index in [1.165, 1.54) is 0 Å². The van der Waals surface area contributed by atoms with E-state index in [1.807, 2.05) is 17.9 Å². The van der Waals surface area contributed by atoms with Crippen LogP contribution in [0.5, 0.6) is 0 Å². The van der Waals surface area contributed by atoms with E-state index < -0.39 is 0 Å². The largest absolute Gasteiger partial charge is 0.338 e. The van der Waals surface area contributed by atoms with Crippen molar-refractivity contribution in [3.8, 4) is 11.4 Å². The number of nitrogens with zero attached hydrogens (tertiary/aromatic N) is 3. The van der Waals surface area contributed by atoms with Crippen LogP contribution in [0.1, 0.15) is 37.4 Å². The number of carbonyl (C=O) groups excluding carboxylic acids is 1. The summed E-state index contributed by atoms with van der Waals surface area (Å²) in [4.78, 5) is 38.7. The predicted octanol–water partition coefficient (Wildman–Crippen LogP) is 2.52. The van der Waals surface area contributed by atoms with E-state index in [0.29, 0.717) is 29.9 Å². The average Bonchev–Trinajstić information content (AvgIpc) is 3.20.